The summed E-state index contributed by atoms with van der Waals surface area (Å²) < 4.78 is 0. The summed E-state index contributed by atoms with van der Waals surface area (Å²) in [6.07, 6.45) is 6.37. The summed E-state index contributed by atoms with van der Waals surface area (Å²) in [7, 11) is 0. The molecule has 0 aromatic carbocycles. The predicted octanol–water partition coefficient (Wildman–Crippen LogP) is 2.66. The van der Waals surface area contributed by atoms with Crippen LogP contribution in [0.15, 0.2) is 0 Å². The third-order valence-electron chi connectivity index (χ3n) is 4.63. The van der Waals surface area contributed by atoms with Crippen LogP contribution in [-0.2, 0) is 0 Å². The molecular weight excluding hydrogens is 198 g/mol. The zero-order chi connectivity index (χ0) is 11.8. The van der Waals surface area contributed by atoms with Gasteiger partial charge in [-0.2, -0.15) is 0 Å². The first-order chi connectivity index (χ1) is 7.47. The van der Waals surface area contributed by atoms with Gasteiger partial charge in [0, 0.05) is 19.1 Å². The van der Waals surface area contributed by atoms with Crippen LogP contribution in [-0.4, -0.2) is 35.2 Å². The Morgan fingerprint density at radius 3 is 2.06 bits per heavy atom. The number of likely N-dealkylation sites (tertiary alicyclic amines) is 1. The van der Waals surface area contributed by atoms with E-state index < -0.39 is 0 Å². The lowest BCUT2D eigenvalue weighted by Gasteiger charge is -2.40. The number of aliphatic hydroxyl groups excluding tert-OH is 1. The lowest BCUT2D eigenvalue weighted by Crippen LogP contribution is -2.39. The summed E-state index contributed by atoms with van der Waals surface area (Å²) in [5, 5.41) is 9.57. The van der Waals surface area contributed by atoms with Crippen LogP contribution in [0.1, 0.15) is 52.9 Å². The van der Waals surface area contributed by atoms with Crippen LogP contribution >= 0.6 is 0 Å². The maximum absolute atomic E-state index is 9.57. The number of aliphatic hydroxyl groups is 1. The maximum Gasteiger partial charge on any atom is 0.0679 e. The molecule has 1 aliphatic heterocycles. The largest absolute Gasteiger partial charge is 0.392 e. The van der Waals surface area contributed by atoms with Crippen LogP contribution in [0.4, 0.5) is 0 Å². The smallest absolute Gasteiger partial charge is 0.0679 e. The number of hydrogen-bond acceptors (Lipinski definition) is 2. The molecule has 2 rings (SSSR count). The number of β-amino-alcohol motifs (C(OH)–C–C–N with tert-alkyl or cyclic N) is 1. The highest BCUT2D eigenvalue weighted by atomic mass is 16.3. The van der Waals surface area contributed by atoms with E-state index in [-0.39, 0.29) is 6.10 Å². The molecule has 16 heavy (non-hydrogen) atoms. The Balaban J connectivity index is 1.81. The van der Waals surface area contributed by atoms with E-state index in [1.165, 1.54) is 25.7 Å². The van der Waals surface area contributed by atoms with E-state index in [1.54, 1.807) is 0 Å². The zero-order valence-corrected chi connectivity index (χ0v) is 11.1. The quantitative estimate of drug-likeness (QED) is 0.741. The molecule has 1 saturated heterocycles. The van der Waals surface area contributed by atoms with Crippen LogP contribution in [0.3, 0.4) is 0 Å². The second kappa shape index (κ2) is 4.66. The number of rotatable bonds is 1. The first-order valence-electron chi connectivity index (χ1n) is 6.89. The van der Waals surface area contributed by atoms with Gasteiger partial charge in [-0.3, -0.25) is 4.90 Å². The molecule has 1 heterocycles. The number of nitrogens with zero attached hydrogens (tertiary/aromatic N) is 1. The molecule has 1 aliphatic carbocycles. The van der Waals surface area contributed by atoms with Crippen molar-refractivity contribution < 1.29 is 5.11 Å². The highest BCUT2D eigenvalue weighted by molar-refractivity contribution is 4.87. The Bertz CT molecular complexity index is 225. The van der Waals surface area contributed by atoms with Crippen molar-refractivity contribution in [2.75, 3.05) is 13.1 Å². The van der Waals surface area contributed by atoms with Crippen molar-refractivity contribution in [1.29, 1.82) is 0 Å². The van der Waals surface area contributed by atoms with Gasteiger partial charge in [0.25, 0.3) is 0 Å². The van der Waals surface area contributed by atoms with Gasteiger partial charge in [0.2, 0.25) is 0 Å². The molecular formula is C14H27NO. The molecule has 2 aliphatic rings. The molecule has 1 saturated carbocycles. The standard InChI is InChI=1S/C14H27NO/c1-14(2,3)11-4-6-12(7-5-11)15-9-8-13(16)10-15/h11-13,16H,4-10H2,1-3H3/t11?,12?,13-/m0/s1. The SMILES string of the molecule is CC(C)(C)C1CCC(N2CC[C@H](O)C2)CC1. The topological polar surface area (TPSA) is 23.5 Å². The molecule has 0 amide bonds. The third kappa shape index (κ3) is 2.78. The highest BCUT2D eigenvalue weighted by Gasteiger charge is 2.34. The summed E-state index contributed by atoms with van der Waals surface area (Å²) in [5.74, 6) is 0.899. The van der Waals surface area contributed by atoms with E-state index in [9.17, 15) is 5.11 Å². The van der Waals surface area contributed by atoms with Crippen molar-refractivity contribution in [2.24, 2.45) is 11.3 Å². The molecule has 1 N–H and O–H groups in total. The van der Waals surface area contributed by atoms with Crippen molar-refractivity contribution in [3.63, 3.8) is 0 Å². The third-order valence-corrected chi connectivity index (χ3v) is 4.63. The highest BCUT2D eigenvalue weighted by Crippen LogP contribution is 2.39. The minimum absolute atomic E-state index is 0.0552. The van der Waals surface area contributed by atoms with Crippen LogP contribution in [0.5, 0.6) is 0 Å². The Kier molecular flexibility index (Phi) is 3.60. The summed E-state index contributed by atoms with van der Waals surface area (Å²) >= 11 is 0. The zero-order valence-electron chi connectivity index (χ0n) is 11.1. The van der Waals surface area contributed by atoms with Crippen molar-refractivity contribution in [3.05, 3.63) is 0 Å². The number of hydrogen-bond donors (Lipinski definition) is 1. The summed E-state index contributed by atoms with van der Waals surface area (Å²) in [6.45, 7) is 9.16. The molecule has 0 bridgehead atoms. The van der Waals surface area contributed by atoms with Gasteiger partial charge in [-0.1, -0.05) is 20.8 Å². The first kappa shape index (κ1) is 12.4. The second-order valence-electron chi connectivity index (χ2n) is 6.81. The molecule has 0 unspecified atom stereocenters. The van der Waals surface area contributed by atoms with Gasteiger partial charge in [-0.15, -0.1) is 0 Å². The van der Waals surface area contributed by atoms with Gasteiger partial charge in [0.05, 0.1) is 6.10 Å². The van der Waals surface area contributed by atoms with Gasteiger partial charge in [0.15, 0.2) is 0 Å². The minimum Gasteiger partial charge on any atom is -0.392 e. The fourth-order valence-corrected chi connectivity index (χ4v) is 3.41. The van der Waals surface area contributed by atoms with Gasteiger partial charge >= 0.3 is 0 Å². The summed E-state index contributed by atoms with van der Waals surface area (Å²) in [5.41, 5.74) is 0.482. The van der Waals surface area contributed by atoms with Crippen molar-refractivity contribution in [2.45, 2.75) is 65.0 Å². The Morgan fingerprint density at radius 1 is 1.00 bits per heavy atom. The monoisotopic (exact) mass is 225 g/mol. The van der Waals surface area contributed by atoms with E-state index in [0.29, 0.717) is 5.41 Å². The molecule has 2 nitrogen and oxygen atoms in total. The lowest BCUT2D eigenvalue weighted by molar-refractivity contribution is 0.0976. The van der Waals surface area contributed by atoms with Crippen LogP contribution in [0.25, 0.3) is 0 Å². The normalized spacial score (nSPS) is 37.9. The molecule has 0 spiro atoms. The molecule has 0 aromatic heterocycles. The van der Waals surface area contributed by atoms with E-state index in [1.807, 2.05) is 0 Å². The van der Waals surface area contributed by atoms with Crippen LogP contribution < -0.4 is 0 Å². The van der Waals surface area contributed by atoms with Gasteiger partial charge in [0.1, 0.15) is 0 Å². The van der Waals surface area contributed by atoms with Crippen LogP contribution in [0, 0.1) is 11.3 Å². The lowest BCUT2D eigenvalue weighted by atomic mass is 9.71. The molecule has 0 radical (unpaired) electrons. The molecule has 1 atom stereocenters. The van der Waals surface area contributed by atoms with E-state index >= 15 is 0 Å². The average Bonchev–Trinajstić information content (AvgIpc) is 2.64. The molecule has 0 aromatic rings. The van der Waals surface area contributed by atoms with Crippen LogP contribution in [0.2, 0.25) is 0 Å². The summed E-state index contributed by atoms with van der Waals surface area (Å²) in [6, 6.07) is 0.760. The van der Waals surface area contributed by atoms with E-state index in [0.717, 1.165) is 31.5 Å². The van der Waals surface area contributed by atoms with Crippen molar-refractivity contribution in [1.82, 2.24) is 4.90 Å². The fraction of sp³-hybridized carbons (Fsp3) is 1.00. The molecule has 2 fully saturated rings. The van der Waals surface area contributed by atoms with E-state index in [4.69, 9.17) is 0 Å². The molecule has 2 heteroatoms. The summed E-state index contributed by atoms with van der Waals surface area (Å²) in [4.78, 5) is 2.52. The Labute approximate surface area is 100 Å². The Hall–Kier alpha value is -0.0800. The average molecular weight is 225 g/mol. The predicted molar refractivity (Wildman–Crippen MR) is 67.4 cm³/mol. The van der Waals surface area contributed by atoms with Gasteiger partial charge < -0.3 is 5.11 Å². The van der Waals surface area contributed by atoms with Gasteiger partial charge in [-0.25, -0.2) is 0 Å². The van der Waals surface area contributed by atoms with Gasteiger partial charge in [-0.05, 0) is 43.4 Å². The molecule has 94 valence electrons. The second-order valence-corrected chi connectivity index (χ2v) is 6.81. The minimum atomic E-state index is -0.0552. The van der Waals surface area contributed by atoms with Crippen molar-refractivity contribution in [3.8, 4) is 0 Å². The van der Waals surface area contributed by atoms with Crippen molar-refractivity contribution >= 4 is 0 Å². The Morgan fingerprint density at radius 2 is 1.62 bits per heavy atom. The first-order valence-corrected chi connectivity index (χ1v) is 6.89. The fourth-order valence-electron chi connectivity index (χ4n) is 3.41. The van der Waals surface area contributed by atoms with E-state index in [2.05, 4.69) is 25.7 Å². The maximum atomic E-state index is 9.57.